The topological polar surface area (TPSA) is 95.8 Å². The van der Waals surface area contributed by atoms with E-state index in [0.29, 0.717) is 36.8 Å². The van der Waals surface area contributed by atoms with Crippen molar-refractivity contribution in [2.45, 2.75) is 45.4 Å². The largest absolute Gasteiger partial charge is 0.441 e. The summed E-state index contributed by atoms with van der Waals surface area (Å²) in [4.78, 5) is 19.4. The number of aryl methyl sites for hydroxylation is 1. The van der Waals surface area contributed by atoms with Gasteiger partial charge in [0.1, 0.15) is 0 Å². The number of amides is 1. The van der Waals surface area contributed by atoms with Crippen LogP contribution < -0.4 is 10.2 Å². The molecular weight excluding hydrogens is 464 g/mol. The summed E-state index contributed by atoms with van der Waals surface area (Å²) in [7, 11) is -3.66. The van der Waals surface area contributed by atoms with E-state index >= 15 is 0 Å². The van der Waals surface area contributed by atoms with E-state index in [2.05, 4.69) is 15.2 Å². The summed E-state index contributed by atoms with van der Waals surface area (Å²) in [5.74, 6) is 0.884. The van der Waals surface area contributed by atoms with Gasteiger partial charge in [0.25, 0.3) is 0 Å². The number of nitrogens with zero attached hydrogens (tertiary/aromatic N) is 3. The molecule has 0 atom stereocenters. The van der Waals surface area contributed by atoms with Gasteiger partial charge in [-0.1, -0.05) is 44.2 Å². The number of benzene rings is 2. The highest BCUT2D eigenvalue weighted by Gasteiger charge is 2.24. The Morgan fingerprint density at radius 1 is 0.971 bits per heavy atom. The lowest BCUT2D eigenvalue weighted by atomic mass is 10.2. The van der Waals surface area contributed by atoms with E-state index in [1.807, 2.05) is 44.2 Å². The molecule has 9 heteroatoms. The lowest BCUT2D eigenvalue weighted by Gasteiger charge is -2.26. The first-order valence-electron chi connectivity index (χ1n) is 12.0. The van der Waals surface area contributed by atoms with Gasteiger partial charge >= 0.3 is 0 Å². The number of oxazole rings is 1. The first kappa shape index (κ1) is 26.4. The number of nitrogens with one attached hydrogen (secondary N) is 1. The van der Waals surface area contributed by atoms with Crippen LogP contribution in [0, 0.1) is 0 Å². The zero-order valence-corrected chi connectivity index (χ0v) is 21.6. The summed E-state index contributed by atoms with van der Waals surface area (Å²) < 4.78 is 33.3. The maximum absolute atomic E-state index is 13.1. The van der Waals surface area contributed by atoms with Gasteiger partial charge in [0, 0.05) is 44.6 Å². The van der Waals surface area contributed by atoms with E-state index in [0.717, 1.165) is 24.3 Å². The van der Waals surface area contributed by atoms with Crippen molar-refractivity contribution in [2.75, 3.05) is 36.4 Å². The second kappa shape index (κ2) is 12.0. The van der Waals surface area contributed by atoms with E-state index in [1.165, 1.54) is 4.31 Å². The lowest BCUT2D eigenvalue weighted by molar-refractivity contribution is -0.116. The highest BCUT2D eigenvalue weighted by atomic mass is 32.2. The van der Waals surface area contributed by atoms with E-state index in [9.17, 15) is 13.2 Å². The molecule has 1 N–H and O–H groups in total. The summed E-state index contributed by atoms with van der Waals surface area (Å²) in [6.07, 6.45) is 2.14. The Labute approximate surface area is 208 Å². The molecule has 188 valence electrons. The number of rotatable bonds is 12. The molecule has 0 unspecified atom stereocenters. The minimum absolute atomic E-state index is 0.152. The molecule has 35 heavy (non-hydrogen) atoms. The predicted octanol–water partition coefficient (Wildman–Crippen LogP) is 4.79. The van der Waals surface area contributed by atoms with Gasteiger partial charge in [-0.15, -0.1) is 0 Å². The first-order chi connectivity index (χ1) is 16.8. The predicted molar refractivity (Wildman–Crippen MR) is 139 cm³/mol. The van der Waals surface area contributed by atoms with E-state index in [-0.39, 0.29) is 17.2 Å². The van der Waals surface area contributed by atoms with E-state index < -0.39 is 10.0 Å². The Morgan fingerprint density at radius 2 is 1.66 bits per heavy atom. The van der Waals surface area contributed by atoms with Crippen molar-refractivity contribution < 1.29 is 17.6 Å². The van der Waals surface area contributed by atoms with Crippen LogP contribution in [0.2, 0.25) is 0 Å². The Bertz CT molecular complexity index is 1220. The second-order valence-corrected chi connectivity index (χ2v) is 9.91. The molecule has 2 aromatic carbocycles. The van der Waals surface area contributed by atoms with Crippen LogP contribution in [0.4, 0.5) is 11.4 Å². The molecule has 8 nitrogen and oxygen atoms in total. The van der Waals surface area contributed by atoms with Crippen molar-refractivity contribution in [1.82, 2.24) is 9.29 Å². The van der Waals surface area contributed by atoms with Crippen molar-refractivity contribution >= 4 is 27.3 Å². The van der Waals surface area contributed by atoms with Crippen LogP contribution in [0.3, 0.4) is 0 Å². The maximum Gasteiger partial charge on any atom is 0.243 e. The van der Waals surface area contributed by atoms with Crippen molar-refractivity contribution in [3.8, 4) is 11.3 Å². The number of aromatic nitrogens is 1. The van der Waals surface area contributed by atoms with Gasteiger partial charge < -0.3 is 14.6 Å². The summed E-state index contributed by atoms with van der Waals surface area (Å²) >= 11 is 0. The molecule has 0 saturated carbocycles. The Morgan fingerprint density at radius 3 is 2.29 bits per heavy atom. The van der Waals surface area contributed by atoms with Crippen LogP contribution in [-0.2, 0) is 21.2 Å². The monoisotopic (exact) mass is 498 g/mol. The molecule has 0 spiro atoms. The van der Waals surface area contributed by atoms with Crippen LogP contribution in [-0.4, -0.2) is 49.8 Å². The lowest BCUT2D eigenvalue weighted by Crippen LogP contribution is -2.31. The highest BCUT2D eigenvalue weighted by molar-refractivity contribution is 7.89. The standard InChI is InChI=1S/C26H34N4O4S/c1-5-29(6-2)23-15-14-21(35(32,33)30(7-3)8-4)18-22(23)28-25(31)16-17-26-27-19-24(34-26)20-12-10-9-11-13-20/h9-15,18-19H,5-8,16-17H2,1-4H3,(H,28,31). The van der Waals surface area contributed by atoms with Gasteiger partial charge in [0.2, 0.25) is 15.9 Å². The summed E-state index contributed by atoms with van der Waals surface area (Å²) in [6.45, 7) is 9.84. The van der Waals surface area contributed by atoms with Crippen molar-refractivity contribution in [3.63, 3.8) is 0 Å². The van der Waals surface area contributed by atoms with Crippen molar-refractivity contribution in [3.05, 3.63) is 60.6 Å². The van der Waals surface area contributed by atoms with Gasteiger partial charge in [0.05, 0.1) is 22.5 Å². The van der Waals surface area contributed by atoms with Crippen LogP contribution in [0.15, 0.2) is 64.0 Å². The minimum atomic E-state index is -3.66. The first-order valence-corrected chi connectivity index (χ1v) is 13.5. The summed E-state index contributed by atoms with van der Waals surface area (Å²) in [5.41, 5.74) is 2.18. The molecule has 1 heterocycles. The number of hydrogen-bond donors (Lipinski definition) is 1. The highest BCUT2D eigenvalue weighted by Crippen LogP contribution is 2.30. The molecule has 0 aliphatic rings. The van der Waals surface area contributed by atoms with E-state index in [4.69, 9.17) is 4.42 Å². The molecule has 0 fully saturated rings. The van der Waals surface area contributed by atoms with Gasteiger partial charge in [-0.25, -0.2) is 13.4 Å². The Kier molecular flexibility index (Phi) is 9.06. The van der Waals surface area contributed by atoms with Crippen LogP contribution in [0.25, 0.3) is 11.3 Å². The molecule has 0 radical (unpaired) electrons. The van der Waals surface area contributed by atoms with Gasteiger partial charge in [0.15, 0.2) is 11.7 Å². The van der Waals surface area contributed by atoms with Crippen LogP contribution in [0.5, 0.6) is 0 Å². The van der Waals surface area contributed by atoms with Gasteiger partial charge in [-0.05, 0) is 32.0 Å². The molecule has 1 amide bonds. The van der Waals surface area contributed by atoms with E-state index in [1.54, 1.807) is 38.2 Å². The Balaban J connectivity index is 1.79. The number of anilines is 2. The molecule has 1 aromatic heterocycles. The van der Waals surface area contributed by atoms with Gasteiger partial charge in [-0.3, -0.25) is 4.79 Å². The molecule has 0 bridgehead atoms. The fourth-order valence-electron chi connectivity index (χ4n) is 3.92. The molecule has 0 aliphatic carbocycles. The zero-order valence-electron chi connectivity index (χ0n) is 20.8. The smallest absolute Gasteiger partial charge is 0.243 e. The average molecular weight is 499 g/mol. The van der Waals surface area contributed by atoms with Crippen molar-refractivity contribution in [2.24, 2.45) is 0 Å². The maximum atomic E-state index is 13.1. The number of carbonyl (C=O) groups is 1. The molecule has 0 aliphatic heterocycles. The van der Waals surface area contributed by atoms with Crippen LogP contribution >= 0.6 is 0 Å². The second-order valence-electron chi connectivity index (χ2n) is 7.97. The zero-order chi connectivity index (χ0) is 25.4. The fourth-order valence-corrected chi connectivity index (χ4v) is 5.41. The summed E-state index contributed by atoms with van der Waals surface area (Å²) in [5, 5.41) is 2.92. The third-order valence-electron chi connectivity index (χ3n) is 5.87. The third-order valence-corrected chi connectivity index (χ3v) is 7.91. The van der Waals surface area contributed by atoms with Crippen molar-refractivity contribution in [1.29, 1.82) is 0 Å². The molecule has 3 rings (SSSR count). The molecule has 3 aromatic rings. The quantitative estimate of drug-likeness (QED) is 0.386. The number of sulfonamides is 1. The summed E-state index contributed by atoms with van der Waals surface area (Å²) in [6, 6.07) is 14.6. The molecular formula is C26H34N4O4S. The SMILES string of the molecule is CCN(CC)c1ccc(S(=O)(=O)N(CC)CC)cc1NC(=O)CCc1ncc(-c2ccccc2)o1. The average Bonchev–Trinajstić information content (AvgIpc) is 3.34. The molecule has 0 saturated heterocycles. The fraction of sp³-hybridized carbons (Fsp3) is 0.385. The third kappa shape index (κ3) is 6.29. The Hall–Kier alpha value is -3.17. The number of hydrogen-bond acceptors (Lipinski definition) is 6. The van der Waals surface area contributed by atoms with Crippen LogP contribution in [0.1, 0.15) is 40.0 Å². The number of carbonyl (C=O) groups excluding carboxylic acids is 1. The normalized spacial score (nSPS) is 11.6. The minimum Gasteiger partial charge on any atom is -0.441 e. The van der Waals surface area contributed by atoms with Gasteiger partial charge in [-0.2, -0.15) is 4.31 Å².